The molecule has 2 heteroatoms. The van der Waals surface area contributed by atoms with Crippen molar-refractivity contribution in [3.8, 4) is 55.9 Å². The van der Waals surface area contributed by atoms with E-state index >= 15 is 0 Å². The molecule has 0 bridgehead atoms. The van der Waals surface area contributed by atoms with Crippen LogP contribution in [-0.4, -0.2) is 4.57 Å². The smallest absolute Gasteiger partial charge is 0.129 e. The van der Waals surface area contributed by atoms with Gasteiger partial charge in [-0.05, 0) is 74.8 Å². The topological polar surface area (TPSA) is 14.2 Å². The number of hydrogen-bond acceptors (Lipinski definition) is 1. The van der Waals surface area contributed by atoms with Gasteiger partial charge in [0, 0.05) is 16.3 Å². The first-order valence-corrected chi connectivity index (χ1v) is 15.5. The molecule has 0 saturated carbocycles. The molecule has 0 spiro atoms. The van der Waals surface area contributed by atoms with Gasteiger partial charge in [-0.15, -0.1) is 0 Å². The fourth-order valence-electron chi connectivity index (χ4n) is 7.00. The van der Waals surface area contributed by atoms with Crippen molar-refractivity contribution < 1.29 is 4.74 Å². The van der Waals surface area contributed by atoms with Gasteiger partial charge in [-0.2, -0.15) is 0 Å². The summed E-state index contributed by atoms with van der Waals surface area (Å²) >= 11 is 0. The molecule has 0 fully saturated rings. The fraction of sp³-hybridized carbons (Fsp3) is 0.0233. The van der Waals surface area contributed by atoms with Crippen LogP contribution < -0.4 is 4.74 Å². The molecule has 2 heterocycles. The summed E-state index contributed by atoms with van der Waals surface area (Å²) in [7, 11) is 0. The second-order valence-corrected chi connectivity index (χ2v) is 11.7. The molecule has 1 aliphatic heterocycles. The Morgan fingerprint density at radius 3 is 1.87 bits per heavy atom. The van der Waals surface area contributed by atoms with Crippen LogP contribution in [-0.2, 0) is 6.61 Å². The first-order valence-electron chi connectivity index (χ1n) is 15.5. The van der Waals surface area contributed by atoms with E-state index in [1.165, 1.54) is 66.3 Å². The molecule has 45 heavy (non-hydrogen) atoms. The summed E-state index contributed by atoms with van der Waals surface area (Å²) in [6.07, 6.45) is 0. The Kier molecular flexibility index (Phi) is 5.92. The van der Waals surface area contributed by atoms with Gasteiger partial charge in [0.15, 0.2) is 0 Å². The number of nitrogens with zero attached hydrogens (tertiary/aromatic N) is 1. The number of hydrogen-bond donors (Lipinski definition) is 0. The van der Waals surface area contributed by atoms with Crippen LogP contribution in [0.2, 0.25) is 0 Å². The molecule has 0 aliphatic carbocycles. The zero-order chi connectivity index (χ0) is 29.7. The summed E-state index contributed by atoms with van der Waals surface area (Å²) in [6, 6.07) is 58.9. The van der Waals surface area contributed by atoms with Crippen LogP contribution in [0.1, 0.15) is 5.56 Å². The van der Waals surface area contributed by atoms with Crippen LogP contribution in [0.5, 0.6) is 5.75 Å². The van der Waals surface area contributed by atoms with E-state index in [1.54, 1.807) is 0 Å². The molecule has 0 amide bonds. The van der Waals surface area contributed by atoms with E-state index in [9.17, 15) is 0 Å². The van der Waals surface area contributed by atoms with Crippen LogP contribution in [0.15, 0.2) is 164 Å². The number of benzene rings is 7. The standard InChI is InChI=1S/C43H29NO/c1-2-11-30(12-3-1)34-14-6-7-15-35(34)31-23-21-29(22-24-31)32-25-26-40-38(27-32)37-17-8-9-18-39(37)44(40)41-19-10-20-42-43(41)36-16-5-4-13-33(36)28-45-42/h1-27H,28H2. The van der Waals surface area contributed by atoms with Gasteiger partial charge < -0.3 is 9.30 Å². The highest BCUT2D eigenvalue weighted by Crippen LogP contribution is 2.44. The van der Waals surface area contributed by atoms with Gasteiger partial charge in [0.25, 0.3) is 0 Å². The maximum atomic E-state index is 6.25. The van der Waals surface area contributed by atoms with Gasteiger partial charge >= 0.3 is 0 Å². The second-order valence-electron chi connectivity index (χ2n) is 11.7. The molecule has 8 aromatic rings. The lowest BCUT2D eigenvalue weighted by atomic mass is 9.93. The molecule has 0 radical (unpaired) electrons. The minimum atomic E-state index is 0.597. The summed E-state index contributed by atoms with van der Waals surface area (Å²) in [5.74, 6) is 0.933. The van der Waals surface area contributed by atoms with E-state index in [0.717, 1.165) is 17.0 Å². The number of aromatic nitrogens is 1. The number of rotatable bonds is 4. The van der Waals surface area contributed by atoms with Crippen molar-refractivity contribution in [1.82, 2.24) is 4.57 Å². The van der Waals surface area contributed by atoms with Crippen LogP contribution in [0.4, 0.5) is 0 Å². The Morgan fingerprint density at radius 2 is 1.04 bits per heavy atom. The molecule has 9 rings (SSSR count). The SMILES string of the molecule is c1ccc(-c2ccccc2-c2ccc(-c3ccc4c(c3)c3ccccc3n4-c3cccc4c3-c3ccccc3CO4)cc2)cc1. The molecule has 0 atom stereocenters. The van der Waals surface area contributed by atoms with Crippen molar-refractivity contribution in [1.29, 1.82) is 0 Å². The van der Waals surface area contributed by atoms with Gasteiger partial charge in [-0.3, -0.25) is 0 Å². The Labute approximate surface area is 262 Å². The van der Waals surface area contributed by atoms with Gasteiger partial charge in [0.05, 0.1) is 16.7 Å². The van der Waals surface area contributed by atoms with Crippen LogP contribution in [0, 0.1) is 0 Å². The molecule has 0 unspecified atom stereocenters. The van der Waals surface area contributed by atoms with Crippen molar-refractivity contribution in [2.24, 2.45) is 0 Å². The Hall–Kier alpha value is -5.86. The van der Waals surface area contributed by atoms with E-state index in [1.807, 2.05) is 0 Å². The van der Waals surface area contributed by atoms with Crippen LogP contribution >= 0.6 is 0 Å². The number of para-hydroxylation sites is 1. The first-order chi connectivity index (χ1) is 22.3. The highest BCUT2D eigenvalue weighted by atomic mass is 16.5. The summed E-state index contributed by atoms with van der Waals surface area (Å²) in [4.78, 5) is 0. The molecule has 1 aliphatic rings. The summed E-state index contributed by atoms with van der Waals surface area (Å²) in [5, 5.41) is 2.48. The lowest BCUT2D eigenvalue weighted by molar-refractivity contribution is 0.302. The summed E-state index contributed by atoms with van der Waals surface area (Å²) in [5.41, 5.74) is 14.5. The minimum Gasteiger partial charge on any atom is -0.488 e. The molecule has 212 valence electrons. The van der Waals surface area contributed by atoms with Gasteiger partial charge in [0.1, 0.15) is 12.4 Å². The Morgan fingerprint density at radius 1 is 0.422 bits per heavy atom. The molecular formula is C43H29NO. The lowest BCUT2D eigenvalue weighted by Gasteiger charge is -2.24. The van der Waals surface area contributed by atoms with Crippen molar-refractivity contribution in [2.75, 3.05) is 0 Å². The minimum absolute atomic E-state index is 0.597. The van der Waals surface area contributed by atoms with Crippen molar-refractivity contribution in [3.05, 3.63) is 169 Å². The van der Waals surface area contributed by atoms with Crippen molar-refractivity contribution in [2.45, 2.75) is 6.61 Å². The fourth-order valence-corrected chi connectivity index (χ4v) is 7.00. The molecule has 0 saturated heterocycles. The predicted octanol–water partition coefficient (Wildman–Crippen LogP) is 11.3. The monoisotopic (exact) mass is 575 g/mol. The zero-order valence-corrected chi connectivity index (χ0v) is 24.7. The Bertz CT molecular complexity index is 2360. The largest absolute Gasteiger partial charge is 0.488 e. The van der Waals surface area contributed by atoms with E-state index in [0.29, 0.717) is 6.61 Å². The molecule has 1 aromatic heterocycles. The quantitative estimate of drug-likeness (QED) is 0.204. The summed E-state index contributed by atoms with van der Waals surface area (Å²) in [6.45, 7) is 0.597. The van der Waals surface area contributed by atoms with Crippen molar-refractivity contribution in [3.63, 3.8) is 0 Å². The molecule has 2 nitrogen and oxygen atoms in total. The molecule has 0 N–H and O–H groups in total. The van der Waals surface area contributed by atoms with E-state index in [4.69, 9.17) is 4.74 Å². The average molecular weight is 576 g/mol. The number of ether oxygens (including phenoxy) is 1. The van der Waals surface area contributed by atoms with Crippen LogP contribution in [0.3, 0.4) is 0 Å². The number of fused-ring (bicyclic) bond motifs is 6. The third kappa shape index (κ3) is 4.18. The highest BCUT2D eigenvalue weighted by molar-refractivity contribution is 6.11. The maximum absolute atomic E-state index is 6.25. The molecular weight excluding hydrogens is 546 g/mol. The normalized spacial score (nSPS) is 12.1. The van der Waals surface area contributed by atoms with Crippen LogP contribution in [0.25, 0.3) is 72.0 Å². The molecule has 7 aromatic carbocycles. The van der Waals surface area contributed by atoms with Gasteiger partial charge in [-0.1, -0.05) is 133 Å². The lowest BCUT2D eigenvalue weighted by Crippen LogP contribution is -2.08. The van der Waals surface area contributed by atoms with Crippen molar-refractivity contribution >= 4 is 21.8 Å². The zero-order valence-electron chi connectivity index (χ0n) is 24.7. The second kappa shape index (κ2) is 10.4. The highest BCUT2D eigenvalue weighted by Gasteiger charge is 2.23. The van der Waals surface area contributed by atoms with Gasteiger partial charge in [0.2, 0.25) is 0 Å². The summed E-state index contributed by atoms with van der Waals surface area (Å²) < 4.78 is 8.66. The predicted molar refractivity (Wildman–Crippen MR) is 187 cm³/mol. The Balaban J connectivity index is 1.17. The van der Waals surface area contributed by atoms with E-state index in [-0.39, 0.29) is 0 Å². The third-order valence-corrected chi connectivity index (χ3v) is 9.13. The average Bonchev–Trinajstić information content (AvgIpc) is 3.45. The third-order valence-electron chi connectivity index (χ3n) is 9.13. The maximum Gasteiger partial charge on any atom is 0.129 e. The first kappa shape index (κ1) is 25.6. The van der Waals surface area contributed by atoms with E-state index < -0.39 is 0 Å². The van der Waals surface area contributed by atoms with E-state index in [2.05, 4.69) is 168 Å². The van der Waals surface area contributed by atoms with Gasteiger partial charge in [-0.25, -0.2) is 0 Å².